The molecule has 0 unspecified atom stereocenters. The molecule has 0 aliphatic heterocycles. The Kier molecular flexibility index (Phi) is 19.7. The van der Waals surface area contributed by atoms with Gasteiger partial charge in [0.2, 0.25) is 0 Å². The van der Waals surface area contributed by atoms with Crippen molar-refractivity contribution in [1.82, 2.24) is 37.5 Å². The second-order valence-corrected chi connectivity index (χ2v) is 37.4. The molecule has 17 aromatic carbocycles. The molecule has 28 rings (SSSR count). The second-order valence-electron chi connectivity index (χ2n) is 34.3. The van der Waals surface area contributed by atoms with Gasteiger partial charge in [0.1, 0.15) is 11.3 Å². The number of thiophene rings is 3. The Bertz CT molecular complexity index is 9410. The molecule has 8 nitrogen and oxygen atoms in total. The highest BCUT2D eigenvalue weighted by molar-refractivity contribution is 7.25. The van der Waals surface area contributed by atoms with Crippen molar-refractivity contribution in [3.05, 3.63) is 486 Å². The lowest BCUT2D eigenvalue weighted by atomic mass is 9.98. The number of benzene rings is 17. The van der Waals surface area contributed by atoms with Crippen molar-refractivity contribution >= 4 is 152 Å². The summed E-state index contributed by atoms with van der Waals surface area (Å²) in [5, 5.41) is 12.7. The van der Waals surface area contributed by atoms with Gasteiger partial charge in [-0.05, 0) is 143 Å². The van der Waals surface area contributed by atoms with Crippen LogP contribution in [0.25, 0.3) is 245 Å². The van der Waals surface area contributed by atoms with Gasteiger partial charge in [-0.25, -0.2) is 9.97 Å². The number of rotatable bonds is 13. The van der Waals surface area contributed by atoms with Crippen molar-refractivity contribution in [2.75, 3.05) is 0 Å². The van der Waals surface area contributed by atoms with E-state index in [2.05, 4.69) is 483 Å². The molecule has 0 bridgehead atoms. The van der Waals surface area contributed by atoms with E-state index in [-0.39, 0.29) is 0 Å². The Morgan fingerprint density at radius 2 is 0.507 bits per heavy atom. The average molecular weight is 1790 g/mol. The van der Waals surface area contributed by atoms with Gasteiger partial charge >= 0.3 is 0 Å². The van der Waals surface area contributed by atoms with Gasteiger partial charge in [0, 0.05) is 152 Å². The van der Waals surface area contributed by atoms with Crippen LogP contribution in [0.1, 0.15) is 0 Å². The monoisotopic (exact) mass is 1790 g/mol. The van der Waals surface area contributed by atoms with Crippen LogP contribution in [0.4, 0.5) is 0 Å². The lowest BCUT2D eigenvalue weighted by Crippen LogP contribution is -1.95. The molecule has 0 fully saturated rings. The SMILES string of the molecule is c1ccc(-c2nc3ccccn3c2-c2ccc(-n3c4ccccc4c4c5sc(-c6ccccc6)c(-c6ccccc6)c5ccc43)cc2)cc1.c1ccc(-c2sc3c(ccc4c3c3ccccc3n4-c3ccc(-c4nc5ccccn5c4-c4ccccc4)cc3)c2-c2ccccc2)cc1.c1ccc(-c2sc3c(ccc4c3c3ccccc3n4-c3cccc4ncccc34)c2-c2ccccc2)cc1. The van der Waals surface area contributed by atoms with E-state index >= 15 is 0 Å². The van der Waals surface area contributed by atoms with E-state index < -0.39 is 0 Å². The summed E-state index contributed by atoms with van der Waals surface area (Å²) in [5.74, 6) is 0. The minimum absolute atomic E-state index is 0.938. The van der Waals surface area contributed by atoms with E-state index in [1.54, 1.807) is 0 Å². The maximum absolute atomic E-state index is 5.10. The predicted molar refractivity (Wildman–Crippen MR) is 576 cm³/mol. The van der Waals surface area contributed by atoms with Crippen LogP contribution in [-0.4, -0.2) is 37.5 Å². The summed E-state index contributed by atoms with van der Waals surface area (Å²) in [6.07, 6.45) is 6.06. The minimum atomic E-state index is 0.938. The first-order valence-corrected chi connectivity index (χ1v) is 48.4. The average Bonchev–Trinajstić information content (AvgIpc) is 1.56. The smallest absolute Gasteiger partial charge is 0.137 e. The fourth-order valence-corrected chi connectivity index (χ4v) is 24.8. The molecule has 28 aromatic rings. The van der Waals surface area contributed by atoms with E-state index in [1.165, 1.54) is 160 Å². The minimum Gasteiger partial charge on any atom is -0.309 e. The van der Waals surface area contributed by atoms with Crippen molar-refractivity contribution in [3.8, 4) is 127 Å². The molecule has 638 valence electrons. The van der Waals surface area contributed by atoms with Crippen LogP contribution >= 0.6 is 34.0 Å². The highest BCUT2D eigenvalue weighted by atomic mass is 32.1. The van der Waals surface area contributed by atoms with Crippen molar-refractivity contribution in [1.29, 1.82) is 0 Å². The number of pyridine rings is 3. The second kappa shape index (κ2) is 33.6. The lowest BCUT2D eigenvalue weighted by Gasteiger charge is -2.11. The van der Waals surface area contributed by atoms with Gasteiger partial charge in [-0.2, -0.15) is 0 Å². The van der Waals surface area contributed by atoms with Gasteiger partial charge in [-0.1, -0.05) is 358 Å². The normalized spacial score (nSPS) is 11.7. The van der Waals surface area contributed by atoms with Gasteiger partial charge in [0.05, 0.1) is 67.1 Å². The van der Waals surface area contributed by atoms with E-state index in [1.807, 2.05) is 64.5 Å². The van der Waals surface area contributed by atoms with E-state index in [4.69, 9.17) is 9.97 Å². The molecule has 0 aliphatic carbocycles. The fourth-order valence-electron chi connectivity index (χ4n) is 20.6. The van der Waals surface area contributed by atoms with Crippen LogP contribution in [0.3, 0.4) is 0 Å². The number of para-hydroxylation sites is 3. The molecule has 11 heteroatoms. The maximum atomic E-state index is 5.10. The van der Waals surface area contributed by atoms with Gasteiger partial charge < -0.3 is 13.7 Å². The molecule has 0 spiro atoms. The summed E-state index contributed by atoms with van der Waals surface area (Å²) in [5.41, 5.74) is 33.6. The topological polar surface area (TPSA) is 62.3 Å². The van der Waals surface area contributed by atoms with E-state index in [0.29, 0.717) is 0 Å². The summed E-state index contributed by atoms with van der Waals surface area (Å²) in [6, 6.07) is 167. The van der Waals surface area contributed by atoms with Crippen molar-refractivity contribution < 1.29 is 0 Å². The molecular formula is C125H80N8S3. The number of hydrogen-bond donors (Lipinski definition) is 0. The van der Waals surface area contributed by atoms with E-state index in [9.17, 15) is 0 Å². The molecule has 0 atom stereocenters. The predicted octanol–water partition coefficient (Wildman–Crippen LogP) is 34.5. The summed E-state index contributed by atoms with van der Waals surface area (Å²) >= 11 is 5.71. The molecule has 136 heavy (non-hydrogen) atoms. The summed E-state index contributed by atoms with van der Waals surface area (Å²) in [6.45, 7) is 0. The Hall–Kier alpha value is -17.2. The van der Waals surface area contributed by atoms with Crippen LogP contribution < -0.4 is 0 Å². The molecule has 0 radical (unpaired) electrons. The molecule has 0 N–H and O–H groups in total. The van der Waals surface area contributed by atoms with Crippen LogP contribution in [0.15, 0.2) is 486 Å². The third-order valence-electron chi connectivity index (χ3n) is 26.6. The molecule has 11 heterocycles. The summed E-state index contributed by atoms with van der Waals surface area (Å²) < 4.78 is 15.6. The number of imidazole rings is 2. The Labute approximate surface area is 795 Å². The van der Waals surface area contributed by atoms with Crippen molar-refractivity contribution in [2.24, 2.45) is 0 Å². The van der Waals surface area contributed by atoms with Crippen LogP contribution in [0, 0.1) is 0 Å². The van der Waals surface area contributed by atoms with Crippen LogP contribution in [0.5, 0.6) is 0 Å². The van der Waals surface area contributed by atoms with Crippen molar-refractivity contribution in [3.63, 3.8) is 0 Å². The standard InChI is InChI=1S/2C45H29N3S.C35H22N2S/c1-4-14-30(15-5-1)40-36-27-28-38-41(45(36)49-44(40)33-18-8-3-9-19-33)35-20-10-11-21-37(35)48(38)34-25-23-31(24-26-34)42-43(32-16-6-2-7-17-32)47-29-13-12-22-39(47)46-42;1-4-14-30(15-5-1)40-36-27-28-38-41(45(36)49-44(40)33-18-8-3-9-19-33)35-20-10-11-21-37(35)48(38)34-25-23-32(24-26-34)43-42(31-16-6-2-7-17-31)46-39-22-12-13-29-47(39)43;1-3-11-23(12-4-1)32-27-20-21-31-33(35(27)38-34(32)24-13-5-2-6-14-24)26-15-7-8-18-30(26)37(31)29-19-9-17-28-25(29)16-10-22-36-28/h2*1-29H;1-22H. The molecule has 0 saturated carbocycles. The Morgan fingerprint density at radius 3 is 0.904 bits per heavy atom. The van der Waals surface area contributed by atoms with Crippen molar-refractivity contribution in [2.45, 2.75) is 0 Å². The third-order valence-corrected chi connectivity index (χ3v) is 30.4. The fraction of sp³-hybridized carbons (Fsp3) is 0. The number of nitrogens with zero attached hydrogens (tertiary/aromatic N) is 8. The first-order valence-electron chi connectivity index (χ1n) is 45.9. The van der Waals surface area contributed by atoms with Crippen LogP contribution in [-0.2, 0) is 0 Å². The Morgan fingerprint density at radius 1 is 0.199 bits per heavy atom. The first kappa shape index (κ1) is 79.7. The molecular weight excluding hydrogens is 1710 g/mol. The highest BCUT2D eigenvalue weighted by Crippen LogP contribution is 2.54. The lowest BCUT2D eigenvalue weighted by molar-refractivity contribution is 1.17. The number of hydrogen-bond acceptors (Lipinski definition) is 6. The Balaban J connectivity index is 0.000000107. The largest absolute Gasteiger partial charge is 0.309 e. The molecule has 0 saturated heterocycles. The summed E-state index contributed by atoms with van der Waals surface area (Å²) in [7, 11) is 0. The van der Waals surface area contributed by atoms with Crippen LogP contribution in [0.2, 0.25) is 0 Å². The molecule has 0 aliphatic rings. The number of fused-ring (bicyclic) bond motifs is 18. The highest BCUT2D eigenvalue weighted by Gasteiger charge is 2.28. The third kappa shape index (κ3) is 13.4. The number of aromatic nitrogens is 8. The van der Waals surface area contributed by atoms with E-state index in [0.717, 1.165) is 84.3 Å². The van der Waals surface area contributed by atoms with Gasteiger partial charge in [-0.3, -0.25) is 13.8 Å². The quantitative estimate of drug-likeness (QED) is 0.116. The zero-order chi connectivity index (χ0) is 89.7. The van der Waals surface area contributed by atoms with Gasteiger partial charge in [0.25, 0.3) is 0 Å². The zero-order valence-electron chi connectivity index (χ0n) is 73.5. The van der Waals surface area contributed by atoms with Gasteiger partial charge in [0.15, 0.2) is 0 Å². The molecule has 11 aromatic heterocycles. The van der Waals surface area contributed by atoms with Gasteiger partial charge in [-0.15, -0.1) is 34.0 Å². The first-order chi connectivity index (χ1) is 67.5. The molecule has 0 amide bonds. The zero-order valence-corrected chi connectivity index (χ0v) is 75.9. The maximum Gasteiger partial charge on any atom is 0.137 e. The summed E-state index contributed by atoms with van der Waals surface area (Å²) in [4.78, 5) is 18.7.